The number of tetrazole rings is 1. The molecule has 0 saturated carbocycles. The van der Waals surface area contributed by atoms with Gasteiger partial charge in [0.1, 0.15) is 17.5 Å². The number of hydrogen-bond donors (Lipinski definition) is 0. The maximum atomic E-state index is 5.79. The summed E-state index contributed by atoms with van der Waals surface area (Å²) in [6, 6.07) is 24.8. The van der Waals surface area contributed by atoms with E-state index in [-0.39, 0.29) is 6.04 Å². The lowest BCUT2D eigenvalue weighted by Gasteiger charge is -2.35. The summed E-state index contributed by atoms with van der Waals surface area (Å²) in [5, 5.41) is 13.0. The fraction of sp³-hybridized carbons (Fsp3) is 0.296. The summed E-state index contributed by atoms with van der Waals surface area (Å²) >= 11 is 0. The van der Waals surface area contributed by atoms with Gasteiger partial charge < -0.3 is 9.47 Å². The summed E-state index contributed by atoms with van der Waals surface area (Å²) in [4.78, 5) is 2.43. The van der Waals surface area contributed by atoms with Crippen molar-refractivity contribution in [3.63, 3.8) is 0 Å². The van der Waals surface area contributed by atoms with Gasteiger partial charge in [0.05, 0.1) is 14.2 Å². The molecule has 1 atom stereocenters. The highest BCUT2D eigenvalue weighted by atomic mass is 16.5. The Bertz CT molecular complexity index is 1240. The van der Waals surface area contributed by atoms with Gasteiger partial charge in [-0.15, -0.1) is 5.10 Å². The molecule has 0 amide bonds. The molecule has 0 bridgehead atoms. The van der Waals surface area contributed by atoms with Crippen LogP contribution in [0, 0.1) is 0 Å². The van der Waals surface area contributed by atoms with Crippen LogP contribution in [0.4, 0.5) is 0 Å². The Morgan fingerprint density at radius 1 is 0.912 bits per heavy atom. The molecule has 0 radical (unpaired) electrons. The zero-order valence-corrected chi connectivity index (χ0v) is 19.6. The molecule has 5 rings (SSSR count). The van der Waals surface area contributed by atoms with Crippen LogP contribution in [0.2, 0.25) is 0 Å². The summed E-state index contributed by atoms with van der Waals surface area (Å²) < 4.78 is 13.3. The van der Waals surface area contributed by atoms with Crippen LogP contribution < -0.4 is 9.47 Å². The van der Waals surface area contributed by atoms with E-state index in [0.717, 1.165) is 48.8 Å². The van der Waals surface area contributed by atoms with Gasteiger partial charge >= 0.3 is 0 Å². The topological polar surface area (TPSA) is 65.3 Å². The quantitative estimate of drug-likeness (QED) is 0.399. The van der Waals surface area contributed by atoms with Crippen molar-refractivity contribution < 1.29 is 9.47 Å². The Labute approximate surface area is 199 Å². The van der Waals surface area contributed by atoms with E-state index in [1.54, 1.807) is 14.2 Å². The number of benzene rings is 3. The lowest BCUT2D eigenvalue weighted by atomic mass is 9.95. The van der Waals surface area contributed by atoms with Crippen LogP contribution in [0.25, 0.3) is 0 Å². The molecule has 0 spiro atoms. The van der Waals surface area contributed by atoms with E-state index in [4.69, 9.17) is 9.47 Å². The number of hydrogen-bond acceptors (Lipinski definition) is 6. The fourth-order valence-corrected chi connectivity index (χ4v) is 4.74. The summed E-state index contributed by atoms with van der Waals surface area (Å²) in [5.41, 5.74) is 4.99. The zero-order chi connectivity index (χ0) is 23.3. The van der Waals surface area contributed by atoms with Gasteiger partial charge in [0, 0.05) is 25.2 Å². The van der Waals surface area contributed by atoms with Gasteiger partial charge in [-0.05, 0) is 58.2 Å². The second-order valence-corrected chi connectivity index (χ2v) is 8.50. The molecule has 0 N–H and O–H groups in total. The second-order valence-electron chi connectivity index (χ2n) is 8.50. The van der Waals surface area contributed by atoms with E-state index >= 15 is 0 Å². The third kappa shape index (κ3) is 4.52. The summed E-state index contributed by atoms with van der Waals surface area (Å²) in [6.45, 7) is 2.40. The lowest BCUT2D eigenvalue weighted by molar-refractivity contribution is 0.191. The van der Waals surface area contributed by atoms with E-state index in [1.807, 2.05) is 28.9 Å². The second kappa shape index (κ2) is 10.1. The first-order valence-electron chi connectivity index (χ1n) is 11.6. The number of ether oxygens (including phenoxy) is 2. The molecule has 1 aliphatic rings. The first-order valence-corrected chi connectivity index (χ1v) is 11.6. The third-order valence-electron chi connectivity index (χ3n) is 6.52. The van der Waals surface area contributed by atoms with Crippen molar-refractivity contribution in [2.75, 3.05) is 20.8 Å². The normalized spacial score (nSPS) is 14.4. The van der Waals surface area contributed by atoms with Crippen LogP contribution in [0.15, 0.2) is 72.8 Å². The highest BCUT2D eigenvalue weighted by Gasteiger charge is 2.32. The average Bonchev–Trinajstić information content (AvgIpc) is 3.36. The minimum absolute atomic E-state index is 0.177. The average molecular weight is 456 g/mol. The van der Waals surface area contributed by atoms with E-state index in [9.17, 15) is 0 Å². The predicted octanol–water partition coefficient (Wildman–Crippen LogP) is 4.08. The van der Waals surface area contributed by atoms with Gasteiger partial charge in [0.2, 0.25) is 0 Å². The van der Waals surface area contributed by atoms with Crippen molar-refractivity contribution >= 4 is 0 Å². The molecule has 0 saturated heterocycles. The van der Waals surface area contributed by atoms with Gasteiger partial charge in [-0.1, -0.05) is 54.6 Å². The molecule has 7 heteroatoms. The highest BCUT2D eigenvalue weighted by Crippen LogP contribution is 2.38. The number of rotatable bonds is 8. The molecule has 0 unspecified atom stereocenters. The maximum absolute atomic E-state index is 5.79. The van der Waals surface area contributed by atoms with Crippen molar-refractivity contribution in [1.82, 2.24) is 25.1 Å². The van der Waals surface area contributed by atoms with Gasteiger partial charge in [-0.3, -0.25) is 4.90 Å². The molecular formula is C27H29N5O2. The highest BCUT2D eigenvalue weighted by molar-refractivity contribution is 5.45. The van der Waals surface area contributed by atoms with Crippen LogP contribution in [0.5, 0.6) is 11.5 Å². The molecule has 34 heavy (non-hydrogen) atoms. The predicted molar refractivity (Wildman–Crippen MR) is 130 cm³/mol. The van der Waals surface area contributed by atoms with Crippen molar-refractivity contribution in [3.8, 4) is 11.5 Å². The Kier molecular flexibility index (Phi) is 6.53. The minimum atomic E-state index is -0.177. The monoisotopic (exact) mass is 455 g/mol. The van der Waals surface area contributed by atoms with Crippen LogP contribution in [0.3, 0.4) is 0 Å². The first-order chi connectivity index (χ1) is 16.8. The van der Waals surface area contributed by atoms with Crippen LogP contribution in [-0.4, -0.2) is 45.9 Å². The van der Waals surface area contributed by atoms with E-state index < -0.39 is 0 Å². The summed E-state index contributed by atoms with van der Waals surface area (Å²) in [7, 11) is 3.38. The molecule has 2 heterocycles. The standard InChI is InChI=1S/C27H29N5O2/c1-33-23-12-13-25(34-2)24(18-23)26(31-16-15-21-10-6-7-11-22(21)19-31)27-28-29-30-32(27)17-14-20-8-4-3-5-9-20/h3-13,18,26H,14-17,19H2,1-2H3/t26-/m1/s1. The first kappa shape index (κ1) is 22.1. The zero-order valence-electron chi connectivity index (χ0n) is 19.6. The van der Waals surface area contributed by atoms with E-state index in [2.05, 4.69) is 69.0 Å². The fourth-order valence-electron chi connectivity index (χ4n) is 4.74. The molecule has 7 nitrogen and oxygen atoms in total. The molecule has 1 aliphatic heterocycles. The van der Waals surface area contributed by atoms with Gasteiger partial charge in [0.25, 0.3) is 0 Å². The molecule has 4 aromatic rings. The van der Waals surface area contributed by atoms with Crippen molar-refractivity contribution in [2.45, 2.75) is 32.0 Å². The van der Waals surface area contributed by atoms with Crippen LogP contribution in [-0.2, 0) is 25.9 Å². The number of aromatic nitrogens is 4. The molecule has 0 fully saturated rings. The van der Waals surface area contributed by atoms with E-state index in [1.165, 1.54) is 16.7 Å². The summed E-state index contributed by atoms with van der Waals surface area (Å²) in [5.74, 6) is 2.38. The molecular weight excluding hydrogens is 426 g/mol. The Morgan fingerprint density at radius 3 is 2.50 bits per heavy atom. The van der Waals surface area contributed by atoms with Crippen LogP contribution in [0.1, 0.15) is 34.1 Å². The van der Waals surface area contributed by atoms with Crippen molar-refractivity contribution in [2.24, 2.45) is 0 Å². The minimum Gasteiger partial charge on any atom is -0.497 e. The van der Waals surface area contributed by atoms with E-state index in [0.29, 0.717) is 6.54 Å². The Morgan fingerprint density at radius 2 is 1.71 bits per heavy atom. The molecule has 3 aromatic carbocycles. The van der Waals surface area contributed by atoms with Gasteiger partial charge in [0.15, 0.2) is 5.82 Å². The van der Waals surface area contributed by atoms with Crippen molar-refractivity contribution in [1.29, 1.82) is 0 Å². The number of nitrogens with zero attached hydrogens (tertiary/aromatic N) is 5. The smallest absolute Gasteiger partial charge is 0.173 e. The number of methoxy groups -OCH3 is 2. The third-order valence-corrected chi connectivity index (χ3v) is 6.52. The SMILES string of the molecule is COc1ccc(OC)c([C@H](c2nnnn2CCc2ccccc2)N2CCc3ccccc3C2)c1. The largest absolute Gasteiger partial charge is 0.497 e. The van der Waals surface area contributed by atoms with Crippen LogP contribution >= 0.6 is 0 Å². The summed E-state index contributed by atoms with van der Waals surface area (Å²) in [6.07, 6.45) is 1.83. The Balaban J connectivity index is 1.54. The van der Waals surface area contributed by atoms with Gasteiger partial charge in [-0.25, -0.2) is 4.68 Å². The Hall–Kier alpha value is -3.71. The lowest BCUT2D eigenvalue weighted by Crippen LogP contribution is -2.36. The molecule has 174 valence electrons. The number of fused-ring (bicyclic) bond motifs is 1. The molecule has 1 aromatic heterocycles. The van der Waals surface area contributed by atoms with Crippen molar-refractivity contribution in [3.05, 3.63) is 101 Å². The van der Waals surface area contributed by atoms with Gasteiger partial charge in [-0.2, -0.15) is 0 Å². The molecule has 0 aliphatic carbocycles. The maximum Gasteiger partial charge on any atom is 0.173 e. The number of aryl methyl sites for hydroxylation is 2.